The average molecular weight is 205 g/mol. The Morgan fingerprint density at radius 2 is 2.20 bits per heavy atom. The van der Waals surface area contributed by atoms with Crippen LogP contribution >= 0.6 is 0 Å². The molecule has 2 aromatic heterocycles. The summed E-state index contributed by atoms with van der Waals surface area (Å²) < 4.78 is 1.61. The van der Waals surface area contributed by atoms with E-state index in [0.29, 0.717) is 0 Å². The van der Waals surface area contributed by atoms with Crippen LogP contribution in [-0.4, -0.2) is 34.6 Å². The molecule has 0 amide bonds. The van der Waals surface area contributed by atoms with Crippen molar-refractivity contribution in [2.24, 2.45) is 0 Å². The number of aromatic nitrogens is 2. The predicted octanol–water partition coefficient (Wildman–Crippen LogP) is 1.10. The Labute approximate surface area is 86.6 Å². The van der Waals surface area contributed by atoms with Crippen molar-refractivity contribution in [3.63, 3.8) is 0 Å². The van der Waals surface area contributed by atoms with Gasteiger partial charge in [0.15, 0.2) is 0 Å². The summed E-state index contributed by atoms with van der Waals surface area (Å²) in [5, 5.41) is 8.98. The van der Waals surface area contributed by atoms with E-state index in [1.165, 1.54) is 0 Å². The summed E-state index contributed by atoms with van der Waals surface area (Å²) in [5.74, 6) is -0.194. The summed E-state index contributed by atoms with van der Waals surface area (Å²) in [4.78, 5) is 16.7. The molecule has 0 fully saturated rings. The van der Waals surface area contributed by atoms with Crippen LogP contribution in [0.5, 0.6) is 0 Å². The molecule has 5 nitrogen and oxygen atoms in total. The molecule has 0 bridgehead atoms. The third kappa shape index (κ3) is 1.41. The monoisotopic (exact) mass is 205 g/mol. The zero-order chi connectivity index (χ0) is 11.0. The number of hydrogen-bond donors (Lipinski definition) is 1. The van der Waals surface area contributed by atoms with E-state index in [4.69, 9.17) is 5.11 Å². The summed E-state index contributed by atoms with van der Waals surface area (Å²) in [5.41, 5.74) is 0.776. The third-order valence-corrected chi connectivity index (χ3v) is 2.18. The van der Waals surface area contributed by atoms with E-state index < -0.39 is 5.97 Å². The first-order chi connectivity index (χ1) is 7.11. The predicted molar refractivity (Wildman–Crippen MR) is 56.5 cm³/mol. The Balaban J connectivity index is 2.80. The second kappa shape index (κ2) is 3.27. The van der Waals surface area contributed by atoms with E-state index in [9.17, 15) is 4.79 Å². The van der Waals surface area contributed by atoms with Gasteiger partial charge in [0.2, 0.25) is 5.82 Å². The van der Waals surface area contributed by atoms with Gasteiger partial charge in [0.05, 0.1) is 11.7 Å². The lowest BCUT2D eigenvalue weighted by molar-refractivity contribution is 0.0683. The molecule has 0 saturated heterocycles. The molecule has 15 heavy (non-hydrogen) atoms. The van der Waals surface area contributed by atoms with E-state index in [1.54, 1.807) is 10.6 Å². The zero-order valence-corrected chi connectivity index (χ0v) is 8.51. The number of carboxylic acid groups (broad SMARTS) is 1. The number of anilines is 1. The fourth-order valence-electron chi connectivity index (χ4n) is 1.53. The lowest BCUT2D eigenvalue weighted by atomic mass is 10.4. The molecular formula is C10H11N3O2. The van der Waals surface area contributed by atoms with Crippen LogP contribution < -0.4 is 4.90 Å². The van der Waals surface area contributed by atoms with Gasteiger partial charge in [-0.25, -0.2) is 9.78 Å². The highest BCUT2D eigenvalue weighted by molar-refractivity contribution is 5.85. The largest absolute Gasteiger partial charge is 0.475 e. The topological polar surface area (TPSA) is 57.8 Å². The minimum atomic E-state index is -1.02. The molecule has 0 aliphatic carbocycles. The van der Waals surface area contributed by atoms with Gasteiger partial charge in [0, 0.05) is 14.1 Å². The molecular weight excluding hydrogens is 194 g/mol. The van der Waals surface area contributed by atoms with Crippen LogP contribution in [0.25, 0.3) is 5.52 Å². The normalized spacial score (nSPS) is 10.5. The molecule has 2 heterocycles. The van der Waals surface area contributed by atoms with Gasteiger partial charge in [-0.3, -0.25) is 4.40 Å². The van der Waals surface area contributed by atoms with Crippen LogP contribution in [0.2, 0.25) is 0 Å². The number of fused-ring (bicyclic) bond motifs is 1. The molecule has 2 rings (SSSR count). The van der Waals surface area contributed by atoms with Crippen molar-refractivity contribution >= 4 is 17.3 Å². The van der Waals surface area contributed by atoms with Crippen molar-refractivity contribution in [1.82, 2.24) is 9.38 Å². The second-order valence-corrected chi connectivity index (χ2v) is 3.43. The van der Waals surface area contributed by atoms with Gasteiger partial charge in [-0.1, -0.05) is 6.07 Å². The summed E-state index contributed by atoms with van der Waals surface area (Å²) in [6.45, 7) is 0. The van der Waals surface area contributed by atoms with Crippen molar-refractivity contribution in [1.29, 1.82) is 0 Å². The number of carbonyl (C=O) groups is 1. The Morgan fingerprint density at radius 3 is 2.80 bits per heavy atom. The van der Waals surface area contributed by atoms with E-state index in [1.807, 2.05) is 37.2 Å². The van der Waals surface area contributed by atoms with Crippen LogP contribution in [0.3, 0.4) is 0 Å². The molecule has 0 spiro atoms. The minimum Gasteiger partial charge on any atom is -0.475 e. The van der Waals surface area contributed by atoms with Gasteiger partial charge in [-0.2, -0.15) is 0 Å². The molecule has 0 atom stereocenters. The first kappa shape index (κ1) is 9.51. The van der Waals surface area contributed by atoms with Gasteiger partial charge < -0.3 is 10.0 Å². The highest BCUT2D eigenvalue weighted by atomic mass is 16.4. The highest BCUT2D eigenvalue weighted by Gasteiger charge is 2.14. The fourth-order valence-corrected chi connectivity index (χ4v) is 1.53. The van der Waals surface area contributed by atoms with Crippen molar-refractivity contribution in [3.8, 4) is 0 Å². The van der Waals surface area contributed by atoms with Crippen LogP contribution in [0.4, 0.5) is 5.82 Å². The minimum absolute atomic E-state index is 0.0364. The Hall–Kier alpha value is -2.04. The van der Waals surface area contributed by atoms with Crippen molar-refractivity contribution in [2.45, 2.75) is 0 Å². The van der Waals surface area contributed by atoms with Crippen LogP contribution in [0.1, 0.15) is 10.6 Å². The Morgan fingerprint density at radius 1 is 1.47 bits per heavy atom. The van der Waals surface area contributed by atoms with E-state index in [0.717, 1.165) is 11.3 Å². The fraction of sp³-hybridized carbons (Fsp3) is 0.200. The van der Waals surface area contributed by atoms with Gasteiger partial charge in [-0.15, -0.1) is 0 Å². The lowest BCUT2D eigenvalue weighted by Crippen LogP contribution is -2.15. The van der Waals surface area contributed by atoms with E-state index in [-0.39, 0.29) is 5.82 Å². The molecule has 0 unspecified atom stereocenters. The first-order valence-corrected chi connectivity index (χ1v) is 4.48. The maximum atomic E-state index is 10.9. The molecule has 0 radical (unpaired) electrons. The average Bonchev–Trinajstić information content (AvgIpc) is 2.60. The number of pyridine rings is 1. The van der Waals surface area contributed by atoms with Crippen LogP contribution in [0.15, 0.2) is 24.4 Å². The number of nitrogens with zero attached hydrogens (tertiary/aromatic N) is 3. The molecule has 0 saturated carbocycles. The number of aromatic carboxylic acids is 1. The molecule has 0 aromatic carbocycles. The Kier molecular flexibility index (Phi) is 2.07. The van der Waals surface area contributed by atoms with Crippen molar-refractivity contribution in [3.05, 3.63) is 30.2 Å². The second-order valence-electron chi connectivity index (χ2n) is 3.43. The summed E-state index contributed by atoms with van der Waals surface area (Å²) >= 11 is 0. The van der Waals surface area contributed by atoms with Crippen molar-refractivity contribution in [2.75, 3.05) is 19.0 Å². The lowest BCUT2D eigenvalue weighted by Gasteiger charge is -2.15. The maximum absolute atomic E-state index is 10.9. The number of imidazole rings is 1. The molecule has 1 N–H and O–H groups in total. The number of carboxylic acids is 1. The molecule has 2 aromatic rings. The molecule has 0 aliphatic heterocycles. The number of hydrogen-bond acceptors (Lipinski definition) is 3. The van der Waals surface area contributed by atoms with Crippen LogP contribution in [0, 0.1) is 0 Å². The van der Waals surface area contributed by atoms with E-state index in [2.05, 4.69) is 4.98 Å². The summed E-state index contributed by atoms with van der Waals surface area (Å²) in [7, 11) is 3.72. The molecule has 5 heteroatoms. The smallest absolute Gasteiger partial charge is 0.372 e. The molecule has 0 aliphatic rings. The van der Waals surface area contributed by atoms with Gasteiger partial charge in [0.1, 0.15) is 5.82 Å². The van der Waals surface area contributed by atoms with Gasteiger partial charge >= 0.3 is 5.97 Å². The van der Waals surface area contributed by atoms with Gasteiger partial charge in [0.25, 0.3) is 0 Å². The van der Waals surface area contributed by atoms with E-state index >= 15 is 0 Å². The Bertz CT molecular complexity index is 516. The first-order valence-electron chi connectivity index (χ1n) is 4.48. The summed E-state index contributed by atoms with van der Waals surface area (Å²) in [6, 6.07) is 5.55. The zero-order valence-electron chi connectivity index (χ0n) is 8.51. The highest BCUT2D eigenvalue weighted by Crippen LogP contribution is 2.17. The van der Waals surface area contributed by atoms with Gasteiger partial charge in [-0.05, 0) is 12.1 Å². The molecule has 78 valence electrons. The van der Waals surface area contributed by atoms with Crippen LogP contribution in [-0.2, 0) is 0 Å². The van der Waals surface area contributed by atoms with Crippen molar-refractivity contribution < 1.29 is 9.90 Å². The third-order valence-electron chi connectivity index (χ3n) is 2.18. The SMILES string of the molecule is CN(C)c1cccc2cnc(C(=O)O)n12. The quantitative estimate of drug-likeness (QED) is 0.797. The summed E-state index contributed by atoms with van der Waals surface area (Å²) in [6.07, 6.45) is 1.55. The number of rotatable bonds is 2. The maximum Gasteiger partial charge on any atom is 0.372 e. The standard InChI is InChI=1S/C10H11N3O2/c1-12(2)8-5-3-4-7-6-11-9(10(14)15)13(7)8/h3-6H,1-2H3,(H,14,15).